The maximum atomic E-state index is 11.2. The molecule has 7 heteroatoms. The van der Waals surface area contributed by atoms with Crippen molar-refractivity contribution in [3.8, 4) is 0 Å². The van der Waals surface area contributed by atoms with Gasteiger partial charge in [-0.05, 0) is 28.8 Å². The number of aromatic nitrogens is 2. The maximum Gasteiger partial charge on any atom is 0.149 e. The van der Waals surface area contributed by atoms with Crippen molar-refractivity contribution in [2.45, 2.75) is 18.8 Å². The molecule has 1 fully saturated rings. The quantitative estimate of drug-likeness (QED) is 0.766. The highest BCUT2D eigenvalue weighted by molar-refractivity contribution is 9.10. The average molecular weight is 334 g/mol. The highest BCUT2D eigenvalue weighted by atomic mass is 79.9. The molecule has 1 aliphatic rings. The third kappa shape index (κ3) is 3.91. The lowest BCUT2D eigenvalue weighted by atomic mass is 10.4. The molecule has 5 nitrogen and oxygen atoms in total. The Morgan fingerprint density at radius 3 is 2.67 bits per heavy atom. The molecule has 18 heavy (non-hydrogen) atoms. The van der Waals surface area contributed by atoms with E-state index in [0.717, 1.165) is 29.1 Å². The predicted molar refractivity (Wildman–Crippen MR) is 74.7 cm³/mol. The number of nitrogens with zero attached hydrogens (tertiary/aromatic N) is 3. The van der Waals surface area contributed by atoms with E-state index in [0.29, 0.717) is 12.5 Å². The van der Waals surface area contributed by atoms with E-state index in [2.05, 4.69) is 25.9 Å². The summed E-state index contributed by atoms with van der Waals surface area (Å²) in [6.45, 7) is 0.437. The molecule has 0 N–H and O–H groups in total. The number of hydrogen-bond donors (Lipinski definition) is 0. The van der Waals surface area contributed by atoms with Crippen LogP contribution in [0.1, 0.15) is 24.6 Å². The molecule has 2 rings (SSSR count). The van der Waals surface area contributed by atoms with Gasteiger partial charge in [-0.2, -0.15) is 0 Å². The van der Waals surface area contributed by atoms with Crippen molar-refractivity contribution < 1.29 is 8.42 Å². The van der Waals surface area contributed by atoms with Crippen LogP contribution in [0.15, 0.2) is 10.7 Å². The van der Waals surface area contributed by atoms with Crippen LogP contribution in [-0.4, -0.2) is 44.0 Å². The topological polar surface area (TPSA) is 63.2 Å². The summed E-state index contributed by atoms with van der Waals surface area (Å²) in [6.07, 6.45) is 3.53. The highest BCUT2D eigenvalue weighted by Gasteiger charge is 2.27. The Bertz CT molecular complexity index is 543. The first kappa shape index (κ1) is 13.7. The highest BCUT2D eigenvalue weighted by Crippen LogP contribution is 2.39. The van der Waals surface area contributed by atoms with Gasteiger partial charge >= 0.3 is 0 Å². The standard InChI is InChI=1S/C11H16BrN3O2S/c1-15(5-6-18(2,16)17)10-7-9(12)13-11(14-10)8-3-4-8/h7-8H,3-6H2,1-2H3. The molecule has 0 unspecified atom stereocenters. The molecule has 1 aromatic rings. The molecule has 1 heterocycles. The molecule has 0 radical (unpaired) electrons. The van der Waals surface area contributed by atoms with E-state index in [1.165, 1.54) is 6.26 Å². The van der Waals surface area contributed by atoms with E-state index in [9.17, 15) is 8.42 Å². The van der Waals surface area contributed by atoms with Crippen LogP contribution in [0.5, 0.6) is 0 Å². The molecule has 1 aromatic heterocycles. The zero-order valence-corrected chi connectivity index (χ0v) is 12.8. The molecule has 0 bridgehead atoms. The summed E-state index contributed by atoms with van der Waals surface area (Å²) in [5.41, 5.74) is 0. The predicted octanol–water partition coefficient (Wildman–Crippen LogP) is 1.60. The number of sulfone groups is 1. The molecule has 1 aliphatic carbocycles. The van der Waals surface area contributed by atoms with Gasteiger partial charge in [-0.3, -0.25) is 0 Å². The molecular weight excluding hydrogens is 318 g/mol. The zero-order valence-electron chi connectivity index (χ0n) is 10.4. The van der Waals surface area contributed by atoms with Gasteiger partial charge in [0.1, 0.15) is 26.1 Å². The van der Waals surface area contributed by atoms with Crippen molar-refractivity contribution >= 4 is 31.6 Å². The third-order valence-electron chi connectivity index (χ3n) is 2.83. The smallest absolute Gasteiger partial charge is 0.149 e. The minimum Gasteiger partial charge on any atom is -0.359 e. The van der Waals surface area contributed by atoms with Gasteiger partial charge in [-0.1, -0.05) is 0 Å². The van der Waals surface area contributed by atoms with Crippen molar-refractivity contribution in [1.82, 2.24) is 9.97 Å². The normalized spacial score (nSPS) is 15.7. The van der Waals surface area contributed by atoms with Gasteiger partial charge < -0.3 is 4.90 Å². The molecular formula is C11H16BrN3O2S. The fourth-order valence-electron chi connectivity index (χ4n) is 1.56. The van der Waals surface area contributed by atoms with Gasteiger partial charge in [0.25, 0.3) is 0 Å². The van der Waals surface area contributed by atoms with Gasteiger partial charge in [-0.15, -0.1) is 0 Å². The van der Waals surface area contributed by atoms with E-state index in [1.54, 1.807) is 0 Å². The first-order valence-electron chi connectivity index (χ1n) is 5.78. The van der Waals surface area contributed by atoms with Crippen LogP contribution in [0.25, 0.3) is 0 Å². The lowest BCUT2D eigenvalue weighted by Gasteiger charge is -2.18. The summed E-state index contributed by atoms with van der Waals surface area (Å²) in [5, 5.41) is 0. The Kier molecular flexibility index (Phi) is 3.91. The molecule has 0 amide bonds. The molecule has 0 saturated heterocycles. The number of rotatable bonds is 5. The number of halogens is 1. The fourth-order valence-corrected chi connectivity index (χ4v) is 2.55. The summed E-state index contributed by atoms with van der Waals surface area (Å²) in [5.74, 6) is 2.22. The van der Waals surface area contributed by atoms with Crippen molar-refractivity contribution in [1.29, 1.82) is 0 Å². The lowest BCUT2D eigenvalue weighted by molar-refractivity contribution is 0.601. The average Bonchev–Trinajstić information content (AvgIpc) is 3.07. The molecule has 0 atom stereocenters. The van der Waals surface area contributed by atoms with Crippen LogP contribution in [0.3, 0.4) is 0 Å². The van der Waals surface area contributed by atoms with E-state index in [-0.39, 0.29) is 5.75 Å². The second kappa shape index (κ2) is 5.13. The van der Waals surface area contributed by atoms with E-state index in [4.69, 9.17) is 0 Å². The van der Waals surface area contributed by atoms with Crippen LogP contribution in [0.2, 0.25) is 0 Å². The molecule has 0 aliphatic heterocycles. The Morgan fingerprint density at radius 1 is 1.44 bits per heavy atom. The summed E-state index contributed by atoms with van der Waals surface area (Å²) >= 11 is 3.37. The Labute approximate surface area is 116 Å². The van der Waals surface area contributed by atoms with Crippen LogP contribution < -0.4 is 4.90 Å². The summed E-state index contributed by atoms with van der Waals surface area (Å²) in [7, 11) is -1.10. The summed E-state index contributed by atoms with van der Waals surface area (Å²) < 4.78 is 23.1. The second-order valence-electron chi connectivity index (χ2n) is 4.73. The van der Waals surface area contributed by atoms with Crippen molar-refractivity contribution in [2.75, 3.05) is 30.5 Å². The van der Waals surface area contributed by atoms with Gasteiger partial charge in [0.15, 0.2) is 0 Å². The van der Waals surface area contributed by atoms with Gasteiger partial charge in [-0.25, -0.2) is 18.4 Å². The molecule has 1 saturated carbocycles. The largest absolute Gasteiger partial charge is 0.359 e. The first-order chi connectivity index (χ1) is 8.35. The Hall–Kier alpha value is -0.690. The Balaban J connectivity index is 2.11. The maximum absolute atomic E-state index is 11.2. The van der Waals surface area contributed by atoms with Crippen LogP contribution in [-0.2, 0) is 9.84 Å². The van der Waals surface area contributed by atoms with Crippen molar-refractivity contribution in [3.05, 3.63) is 16.5 Å². The van der Waals surface area contributed by atoms with Gasteiger partial charge in [0.2, 0.25) is 0 Å². The lowest BCUT2D eigenvalue weighted by Crippen LogP contribution is -2.26. The van der Waals surface area contributed by atoms with E-state index in [1.807, 2.05) is 18.0 Å². The Morgan fingerprint density at radius 2 is 2.11 bits per heavy atom. The molecule has 0 spiro atoms. The molecule has 100 valence electrons. The van der Waals surface area contributed by atoms with Gasteiger partial charge in [0.05, 0.1) is 5.75 Å². The second-order valence-corrected chi connectivity index (χ2v) is 7.81. The minimum atomic E-state index is -2.95. The number of anilines is 1. The van der Waals surface area contributed by atoms with Crippen LogP contribution in [0, 0.1) is 0 Å². The van der Waals surface area contributed by atoms with Crippen molar-refractivity contribution in [2.24, 2.45) is 0 Å². The zero-order chi connectivity index (χ0) is 13.3. The molecule has 0 aromatic carbocycles. The van der Waals surface area contributed by atoms with E-state index < -0.39 is 9.84 Å². The summed E-state index contributed by atoms with van der Waals surface area (Å²) in [4.78, 5) is 10.7. The summed E-state index contributed by atoms with van der Waals surface area (Å²) in [6, 6.07) is 1.81. The van der Waals surface area contributed by atoms with Crippen LogP contribution >= 0.6 is 15.9 Å². The first-order valence-corrected chi connectivity index (χ1v) is 8.64. The number of hydrogen-bond acceptors (Lipinski definition) is 5. The monoisotopic (exact) mass is 333 g/mol. The third-order valence-corrected chi connectivity index (χ3v) is 4.16. The van der Waals surface area contributed by atoms with E-state index >= 15 is 0 Å². The van der Waals surface area contributed by atoms with Gasteiger partial charge in [0, 0.05) is 31.8 Å². The fraction of sp³-hybridized carbons (Fsp3) is 0.636. The van der Waals surface area contributed by atoms with Crippen LogP contribution in [0.4, 0.5) is 5.82 Å². The minimum absolute atomic E-state index is 0.129. The van der Waals surface area contributed by atoms with Crippen molar-refractivity contribution in [3.63, 3.8) is 0 Å². The SMILES string of the molecule is CN(CCS(C)(=O)=O)c1cc(Br)nc(C2CC2)n1.